The molecule has 0 radical (unpaired) electrons. The van der Waals surface area contributed by atoms with Gasteiger partial charge in [-0.3, -0.25) is 4.98 Å². The number of hydrogen-bond donors (Lipinski definition) is 0. The van der Waals surface area contributed by atoms with E-state index >= 15 is 0 Å². The van der Waals surface area contributed by atoms with Crippen LogP contribution in [0.15, 0.2) is 146 Å². The molecular weight excluding hydrogens is 593 g/mol. The van der Waals surface area contributed by atoms with Crippen molar-refractivity contribution in [3.63, 3.8) is 0 Å². The summed E-state index contributed by atoms with van der Waals surface area (Å²) in [7, 11) is 0. The topological polar surface area (TPSA) is 27.1 Å². The van der Waals surface area contributed by atoms with Crippen LogP contribution >= 0.6 is 11.3 Å². The molecule has 0 fully saturated rings. The summed E-state index contributed by atoms with van der Waals surface area (Å²) in [6, 6.07) is 49.1. The maximum absolute atomic E-state index is 8.00. The van der Waals surface area contributed by atoms with Crippen LogP contribution in [-0.2, 0) is 0 Å². The minimum atomic E-state index is 0.609. The average Bonchev–Trinajstić information content (AvgIpc) is 3.79. The van der Waals surface area contributed by atoms with Crippen molar-refractivity contribution in [3.05, 3.63) is 157 Å². The smallest absolute Gasteiger partial charge is 0.189 e. The summed E-state index contributed by atoms with van der Waals surface area (Å²) in [5, 5.41) is 6.12. The molecule has 0 bridgehead atoms. The monoisotopic (exact) mass is 616 g/mol. The van der Waals surface area contributed by atoms with Crippen LogP contribution in [0.2, 0.25) is 0 Å². The number of rotatable bonds is 3. The van der Waals surface area contributed by atoms with E-state index in [1.807, 2.05) is 35.7 Å². The predicted octanol–water partition coefficient (Wildman–Crippen LogP) is 11.9. The summed E-state index contributed by atoms with van der Waals surface area (Å²) in [6.45, 7) is 8.00. The maximum atomic E-state index is 8.00. The molecule has 0 aliphatic carbocycles. The van der Waals surface area contributed by atoms with Gasteiger partial charge >= 0.3 is 0 Å². The van der Waals surface area contributed by atoms with E-state index in [0.717, 1.165) is 50.1 Å². The zero-order valence-electron chi connectivity index (χ0n) is 25.1. The van der Waals surface area contributed by atoms with Crippen LogP contribution in [0.4, 0.5) is 5.69 Å². The van der Waals surface area contributed by atoms with Gasteiger partial charge in [0.1, 0.15) is 0 Å². The Labute approximate surface area is 273 Å². The Kier molecular flexibility index (Phi) is 5.48. The van der Waals surface area contributed by atoms with Crippen molar-refractivity contribution in [2.75, 3.05) is 0 Å². The molecule has 0 spiro atoms. The van der Waals surface area contributed by atoms with E-state index in [9.17, 15) is 0 Å². The molecule has 0 unspecified atom stereocenters. The van der Waals surface area contributed by atoms with Gasteiger partial charge in [0.2, 0.25) is 0 Å². The summed E-state index contributed by atoms with van der Waals surface area (Å²) in [5.74, 6) is 0. The van der Waals surface area contributed by atoms with E-state index < -0.39 is 0 Å². The van der Waals surface area contributed by atoms with Crippen LogP contribution in [0.5, 0.6) is 0 Å². The van der Waals surface area contributed by atoms with Crippen LogP contribution in [0.1, 0.15) is 0 Å². The van der Waals surface area contributed by atoms with Crippen molar-refractivity contribution in [2.24, 2.45) is 0 Å². The second-order valence-corrected chi connectivity index (χ2v) is 13.0. The highest BCUT2D eigenvalue weighted by molar-refractivity contribution is 7.26. The van der Waals surface area contributed by atoms with E-state index in [1.165, 1.54) is 36.3 Å². The molecular formula is C42H24N4S. The highest BCUT2D eigenvalue weighted by Gasteiger charge is 2.19. The third kappa shape index (κ3) is 3.77. The lowest BCUT2D eigenvalue weighted by Gasteiger charge is -2.13. The summed E-state index contributed by atoms with van der Waals surface area (Å²) >= 11 is 1.83. The van der Waals surface area contributed by atoms with Crippen molar-refractivity contribution in [2.45, 2.75) is 0 Å². The third-order valence-corrected chi connectivity index (χ3v) is 10.5. The highest BCUT2D eigenvalue weighted by atomic mass is 32.1. The van der Waals surface area contributed by atoms with Crippen molar-refractivity contribution in [1.82, 2.24) is 14.1 Å². The molecule has 47 heavy (non-hydrogen) atoms. The third-order valence-electron chi connectivity index (χ3n) is 9.33. The molecule has 6 aromatic carbocycles. The van der Waals surface area contributed by atoms with Gasteiger partial charge in [-0.05, 0) is 83.9 Å². The zero-order valence-corrected chi connectivity index (χ0v) is 25.9. The molecule has 5 heteroatoms. The van der Waals surface area contributed by atoms with Crippen LogP contribution < -0.4 is 0 Å². The predicted molar refractivity (Wildman–Crippen MR) is 198 cm³/mol. The van der Waals surface area contributed by atoms with Crippen LogP contribution in [0, 0.1) is 6.57 Å². The average molecular weight is 617 g/mol. The lowest BCUT2D eigenvalue weighted by molar-refractivity contribution is 1.17. The van der Waals surface area contributed by atoms with Crippen molar-refractivity contribution in [1.29, 1.82) is 0 Å². The Hall–Kier alpha value is -6.22. The molecule has 218 valence electrons. The van der Waals surface area contributed by atoms with E-state index in [-0.39, 0.29) is 0 Å². The second-order valence-electron chi connectivity index (χ2n) is 11.9. The molecule has 0 saturated heterocycles. The number of pyridine rings is 1. The molecule has 4 heterocycles. The first-order valence-corrected chi connectivity index (χ1v) is 16.4. The summed E-state index contributed by atoms with van der Waals surface area (Å²) in [6.07, 6.45) is 1.89. The van der Waals surface area contributed by atoms with Crippen LogP contribution in [0.25, 0.3) is 91.3 Å². The fourth-order valence-electron chi connectivity index (χ4n) is 7.39. The fraction of sp³-hybridized carbons (Fsp3) is 0. The molecule has 4 aromatic heterocycles. The Morgan fingerprint density at radius 1 is 0.511 bits per heavy atom. The van der Waals surface area contributed by atoms with E-state index in [1.54, 1.807) is 0 Å². The Bertz CT molecular complexity index is 2880. The molecule has 10 aromatic rings. The van der Waals surface area contributed by atoms with E-state index in [4.69, 9.17) is 11.6 Å². The van der Waals surface area contributed by atoms with Gasteiger partial charge in [0.05, 0.1) is 34.2 Å². The number of thiophene rings is 1. The van der Waals surface area contributed by atoms with Gasteiger partial charge in [-0.2, -0.15) is 0 Å². The lowest BCUT2D eigenvalue weighted by Crippen LogP contribution is -1.96. The molecule has 0 atom stereocenters. The molecule has 0 aliphatic rings. The number of nitrogens with zero attached hydrogens (tertiary/aromatic N) is 4. The highest BCUT2D eigenvalue weighted by Crippen LogP contribution is 2.43. The molecule has 10 rings (SSSR count). The number of benzene rings is 6. The SMILES string of the molecule is [C-]#[N+]c1cc(-c2cccc(-n3c4cccnc4c4c5c(ccc43)sc3ccccc35)c2)cc(-n2c3ccccc3c3ccccc32)c1. The molecule has 4 nitrogen and oxygen atoms in total. The fourth-order valence-corrected chi connectivity index (χ4v) is 8.50. The Balaban J connectivity index is 1.21. The largest absolute Gasteiger partial charge is 0.310 e. The first kappa shape index (κ1) is 26.0. The van der Waals surface area contributed by atoms with Crippen LogP contribution in [-0.4, -0.2) is 14.1 Å². The van der Waals surface area contributed by atoms with E-state index in [0.29, 0.717) is 5.69 Å². The summed E-state index contributed by atoms with van der Waals surface area (Å²) in [4.78, 5) is 8.85. The number of aromatic nitrogens is 3. The first-order chi connectivity index (χ1) is 23.3. The van der Waals surface area contributed by atoms with Crippen molar-refractivity contribution >= 4 is 80.9 Å². The minimum Gasteiger partial charge on any atom is -0.310 e. The van der Waals surface area contributed by atoms with Gasteiger partial charge in [-0.1, -0.05) is 66.7 Å². The summed E-state index contributed by atoms with van der Waals surface area (Å²) < 4.78 is 7.17. The zero-order chi connectivity index (χ0) is 31.1. The lowest BCUT2D eigenvalue weighted by atomic mass is 10.0. The van der Waals surface area contributed by atoms with Gasteiger partial charge in [0.15, 0.2) is 5.69 Å². The van der Waals surface area contributed by atoms with Gasteiger partial charge in [-0.15, -0.1) is 11.3 Å². The molecule has 0 saturated carbocycles. The van der Waals surface area contributed by atoms with Gasteiger partial charge in [0.25, 0.3) is 0 Å². The minimum absolute atomic E-state index is 0.609. The Morgan fingerprint density at radius 3 is 2.02 bits per heavy atom. The summed E-state index contributed by atoms with van der Waals surface area (Å²) in [5.41, 5.74) is 10.2. The standard InChI is InChI=1S/C42H24N4S/c1-43-28-22-27(24-30(25-28)46-34-15-5-2-12-31(34)32-13-3-6-16-35(32)46)26-10-8-11-29(23-26)45-36-19-20-39-40(33-14-4-7-18-38(33)47-39)41(36)42-37(45)17-9-21-44-42/h2-25H. The molecule has 0 amide bonds. The van der Waals surface area contributed by atoms with Crippen molar-refractivity contribution < 1.29 is 0 Å². The maximum Gasteiger partial charge on any atom is 0.189 e. The Morgan fingerprint density at radius 2 is 1.21 bits per heavy atom. The normalized spacial score (nSPS) is 11.8. The van der Waals surface area contributed by atoms with Gasteiger partial charge in [0, 0.05) is 53.9 Å². The van der Waals surface area contributed by atoms with Gasteiger partial charge in [-0.25, -0.2) is 4.85 Å². The first-order valence-electron chi connectivity index (χ1n) is 15.6. The van der Waals surface area contributed by atoms with E-state index in [2.05, 4.69) is 135 Å². The number of hydrogen-bond acceptors (Lipinski definition) is 2. The number of fused-ring (bicyclic) bond motifs is 10. The van der Waals surface area contributed by atoms with Crippen molar-refractivity contribution in [3.8, 4) is 22.5 Å². The second kappa shape index (κ2) is 9.89. The molecule has 0 aliphatic heterocycles. The number of para-hydroxylation sites is 2. The van der Waals surface area contributed by atoms with Crippen LogP contribution in [0.3, 0.4) is 0 Å². The van der Waals surface area contributed by atoms with Gasteiger partial charge < -0.3 is 9.13 Å². The molecule has 0 N–H and O–H groups in total. The quantitative estimate of drug-likeness (QED) is 0.181.